The van der Waals surface area contributed by atoms with Crippen molar-refractivity contribution in [1.29, 1.82) is 0 Å². The first-order valence-electron chi connectivity index (χ1n) is 12.5. The molecule has 2 aliphatic rings. The molecule has 0 spiro atoms. The van der Waals surface area contributed by atoms with E-state index in [1.165, 1.54) is 12.8 Å². The Morgan fingerprint density at radius 1 is 1.14 bits per heavy atom. The second kappa shape index (κ2) is 9.16. The van der Waals surface area contributed by atoms with Gasteiger partial charge >= 0.3 is 0 Å². The first kappa shape index (κ1) is 24.2. The van der Waals surface area contributed by atoms with E-state index >= 15 is 0 Å². The summed E-state index contributed by atoms with van der Waals surface area (Å²) in [6.45, 7) is 8.70. The molecule has 0 aromatic carbocycles. The molecule has 2 atom stereocenters. The second-order valence-electron chi connectivity index (χ2n) is 10.9. The van der Waals surface area contributed by atoms with Gasteiger partial charge in [-0.1, -0.05) is 0 Å². The molecule has 2 fully saturated rings. The lowest BCUT2D eigenvalue weighted by molar-refractivity contribution is 0.0783. The molecular formula is C26H34N8O2. The number of amides is 2. The largest absolute Gasteiger partial charge is 0.343 e. The van der Waals surface area contributed by atoms with Crippen LogP contribution in [0.15, 0.2) is 30.6 Å². The van der Waals surface area contributed by atoms with Crippen molar-refractivity contribution < 1.29 is 9.59 Å². The van der Waals surface area contributed by atoms with Gasteiger partial charge in [-0.25, -0.2) is 9.97 Å². The summed E-state index contributed by atoms with van der Waals surface area (Å²) in [4.78, 5) is 42.9. The molecule has 2 aliphatic heterocycles. The van der Waals surface area contributed by atoms with Gasteiger partial charge < -0.3 is 25.0 Å². The molecule has 36 heavy (non-hydrogen) atoms. The fraction of sp³-hybridized carbons (Fsp3) is 0.500. The minimum atomic E-state index is -0.364. The smallest absolute Gasteiger partial charge is 0.270 e. The van der Waals surface area contributed by atoms with Gasteiger partial charge in [-0.15, -0.1) is 0 Å². The molecule has 10 nitrogen and oxygen atoms in total. The third-order valence-corrected chi connectivity index (χ3v) is 6.97. The number of nitrogens with zero attached hydrogens (tertiary/aromatic N) is 6. The van der Waals surface area contributed by atoms with Crippen LogP contribution in [0.1, 0.15) is 54.5 Å². The zero-order chi connectivity index (χ0) is 25.6. The number of hydrogen-bond donors (Lipinski definition) is 2. The van der Waals surface area contributed by atoms with Crippen molar-refractivity contribution in [1.82, 2.24) is 34.6 Å². The zero-order valence-corrected chi connectivity index (χ0v) is 21.6. The van der Waals surface area contributed by atoms with Crippen LogP contribution in [-0.2, 0) is 5.54 Å². The molecule has 0 bridgehead atoms. The average Bonchev–Trinajstić information content (AvgIpc) is 3.45. The number of pyridine rings is 1. The highest BCUT2D eigenvalue weighted by Gasteiger charge is 2.36. The van der Waals surface area contributed by atoms with E-state index in [1.54, 1.807) is 43.5 Å². The van der Waals surface area contributed by atoms with Gasteiger partial charge in [-0.2, -0.15) is 4.98 Å². The van der Waals surface area contributed by atoms with Gasteiger partial charge in [0.1, 0.15) is 17.2 Å². The van der Waals surface area contributed by atoms with Crippen molar-refractivity contribution in [3.8, 4) is 0 Å². The van der Waals surface area contributed by atoms with E-state index in [4.69, 9.17) is 4.98 Å². The molecule has 190 valence electrons. The lowest BCUT2D eigenvalue weighted by Gasteiger charge is -2.25. The summed E-state index contributed by atoms with van der Waals surface area (Å²) in [5, 5.41) is 7.46. The Bertz CT molecular complexity index is 1280. The Hall–Kier alpha value is -3.53. The number of likely N-dealkylation sites (tertiary alicyclic amines) is 1. The summed E-state index contributed by atoms with van der Waals surface area (Å²) in [6.07, 6.45) is 5.66. The molecule has 2 saturated heterocycles. The molecule has 3 aromatic rings. The fourth-order valence-corrected chi connectivity index (χ4v) is 5.22. The Labute approximate surface area is 211 Å². The van der Waals surface area contributed by atoms with Gasteiger partial charge in [0.2, 0.25) is 5.95 Å². The zero-order valence-electron chi connectivity index (χ0n) is 21.6. The second-order valence-corrected chi connectivity index (χ2v) is 10.9. The van der Waals surface area contributed by atoms with Crippen molar-refractivity contribution in [2.24, 2.45) is 5.92 Å². The monoisotopic (exact) mass is 490 g/mol. The van der Waals surface area contributed by atoms with Crippen LogP contribution in [0.25, 0.3) is 11.0 Å². The maximum Gasteiger partial charge on any atom is 0.270 e. The van der Waals surface area contributed by atoms with Crippen LogP contribution in [0.2, 0.25) is 0 Å². The van der Waals surface area contributed by atoms with E-state index in [2.05, 4.69) is 20.6 Å². The van der Waals surface area contributed by atoms with E-state index in [9.17, 15) is 9.59 Å². The van der Waals surface area contributed by atoms with Crippen LogP contribution >= 0.6 is 0 Å². The minimum Gasteiger partial charge on any atom is -0.343 e. The normalized spacial score (nSPS) is 19.9. The molecule has 0 aliphatic carbocycles. The van der Waals surface area contributed by atoms with Gasteiger partial charge in [0.05, 0.1) is 5.56 Å². The third-order valence-electron chi connectivity index (χ3n) is 6.97. The number of aromatic nitrogens is 4. The highest BCUT2D eigenvalue weighted by molar-refractivity contribution is 5.98. The van der Waals surface area contributed by atoms with Crippen LogP contribution in [0.3, 0.4) is 0 Å². The number of rotatable bonds is 4. The predicted octanol–water partition coefficient (Wildman–Crippen LogP) is 2.85. The molecule has 2 amide bonds. The Kier molecular flexibility index (Phi) is 6.15. The summed E-state index contributed by atoms with van der Waals surface area (Å²) in [6, 6.07) is 5.79. The maximum absolute atomic E-state index is 13.0. The van der Waals surface area contributed by atoms with Crippen LogP contribution < -0.4 is 10.6 Å². The molecule has 0 saturated carbocycles. The Morgan fingerprint density at radius 3 is 2.61 bits per heavy atom. The number of fused-ring (bicyclic) bond motifs is 2. The number of piperidine rings is 1. The molecule has 5 heterocycles. The number of nitrogens with one attached hydrogen (secondary N) is 2. The summed E-state index contributed by atoms with van der Waals surface area (Å²) in [5.41, 5.74) is 1.44. The fourth-order valence-electron chi connectivity index (χ4n) is 5.22. The minimum absolute atomic E-state index is 0.0176. The number of carbonyl (C=O) groups is 2. The van der Waals surface area contributed by atoms with Gasteiger partial charge in [0, 0.05) is 56.5 Å². The van der Waals surface area contributed by atoms with Crippen LogP contribution in [0.4, 0.5) is 11.8 Å². The summed E-state index contributed by atoms with van der Waals surface area (Å²) >= 11 is 0. The van der Waals surface area contributed by atoms with E-state index in [1.807, 2.05) is 36.3 Å². The Morgan fingerprint density at radius 2 is 1.94 bits per heavy atom. The quantitative estimate of drug-likeness (QED) is 0.579. The first-order valence-corrected chi connectivity index (χ1v) is 12.5. The summed E-state index contributed by atoms with van der Waals surface area (Å²) in [7, 11) is 3.47. The molecule has 3 aromatic heterocycles. The van der Waals surface area contributed by atoms with Gasteiger partial charge in [-0.05, 0) is 64.3 Å². The van der Waals surface area contributed by atoms with Crippen molar-refractivity contribution >= 4 is 34.6 Å². The Balaban J connectivity index is 1.35. The molecule has 0 radical (unpaired) electrons. The molecule has 2 unspecified atom stereocenters. The molecule has 5 rings (SSSR count). The van der Waals surface area contributed by atoms with Crippen LogP contribution in [0, 0.1) is 5.92 Å². The van der Waals surface area contributed by atoms with Crippen LogP contribution in [0.5, 0.6) is 0 Å². The number of carbonyl (C=O) groups excluding carboxylic acids is 2. The number of anilines is 2. The molecular weight excluding hydrogens is 456 g/mol. The van der Waals surface area contributed by atoms with Crippen molar-refractivity contribution in [2.45, 2.75) is 45.2 Å². The van der Waals surface area contributed by atoms with Gasteiger partial charge in [-0.3, -0.25) is 9.59 Å². The standard InChI is InChI=1S/C26H34N8O2/c1-26(2,3)34-20(24(36)32(4)5)11-18-13-29-25(31-22(18)34)30-21-9-8-16(12-28-21)23(35)33-14-17-7-6-10-27-19(17)15-33/h8-9,11-13,17,19,27H,6-7,10,14-15H2,1-5H3,(H,28,29,30,31). The third kappa shape index (κ3) is 4.53. The SMILES string of the molecule is CN(C)C(=O)c1cc2cnc(Nc3ccc(C(=O)N4CC5CCCNC5C4)cn3)nc2n1C(C)(C)C. The van der Waals surface area contributed by atoms with Crippen molar-refractivity contribution in [3.63, 3.8) is 0 Å². The highest BCUT2D eigenvalue weighted by Crippen LogP contribution is 2.29. The topological polar surface area (TPSA) is 108 Å². The lowest BCUT2D eigenvalue weighted by Crippen LogP contribution is -2.41. The highest BCUT2D eigenvalue weighted by atomic mass is 16.2. The summed E-state index contributed by atoms with van der Waals surface area (Å²) in [5.74, 6) is 1.39. The van der Waals surface area contributed by atoms with E-state index in [-0.39, 0.29) is 17.4 Å². The first-order chi connectivity index (χ1) is 17.1. The van der Waals surface area contributed by atoms with E-state index in [0.29, 0.717) is 40.6 Å². The molecule has 10 heteroatoms. The molecule has 2 N–H and O–H groups in total. The van der Waals surface area contributed by atoms with Gasteiger partial charge in [0.15, 0.2) is 0 Å². The van der Waals surface area contributed by atoms with Crippen molar-refractivity contribution in [2.75, 3.05) is 39.0 Å². The average molecular weight is 491 g/mol. The maximum atomic E-state index is 13.0. The van der Waals surface area contributed by atoms with E-state index < -0.39 is 0 Å². The summed E-state index contributed by atoms with van der Waals surface area (Å²) < 4.78 is 1.94. The van der Waals surface area contributed by atoms with Crippen LogP contribution in [-0.4, -0.2) is 80.9 Å². The predicted molar refractivity (Wildman–Crippen MR) is 138 cm³/mol. The van der Waals surface area contributed by atoms with Crippen molar-refractivity contribution in [3.05, 3.63) is 41.9 Å². The lowest BCUT2D eigenvalue weighted by atomic mass is 9.94. The number of hydrogen-bond acceptors (Lipinski definition) is 7. The van der Waals surface area contributed by atoms with Gasteiger partial charge in [0.25, 0.3) is 11.8 Å². The van der Waals surface area contributed by atoms with E-state index in [0.717, 1.165) is 25.0 Å².